The molecule has 1 aromatic rings. The summed E-state index contributed by atoms with van der Waals surface area (Å²) in [6, 6.07) is 0. The highest BCUT2D eigenvalue weighted by Crippen LogP contribution is 2.25. The van der Waals surface area contributed by atoms with E-state index in [0.717, 1.165) is 30.6 Å². The molecule has 5 nitrogen and oxygen atoms in total. The Balaban J connectivity index is 2.03. The van der Waals surface area contributed by atoms with Crippen LogP contribution in [0.4, 0.5) is 5.13 Å². The first kappa shape index (κ1) is 14.7. The molecular formula is C14H18N2O3S. The van der Waals surface area contributed by atoms with Gasteiger partial charge in [0, 0.05) is 5.92 Å². The second kappa shape index (κ2) is 6.65. The molecule has 1 amide bonds. The number of allylic oxidation sites excluding steroid dienone is 2. The van der Waals surface area contributed by atoms with Crippen LogP contribution in [-0.2, 0) is 9.53 Å². The summed E-state index contributed by atoms with van der Waals surface area (Å²) in [7, 11) is 0. The zero-order valence-corrected chi connectivity index (χ0v) is 12.5. The van der Waals surface area contributed by atoms with Gasteiger partial charge >= 0.3 is 5.97 Å². The van der Waals surface area contributed by atoms with E-state index in [4.69, 9.17) is 4.74 Å². The molecule has 1 N–H and O–H groups in total. The minimum atomic E-state index is -0.386. The molecule has 2 rings (SSSR count). The Labute approximate surface area is 122 Å². The molecule has 20 heavy (non-hydrogen) atoms. The van der Waals surface area contributed by atoms with Gasteiger partial charge in [0.05, 0.1) is 12.3 Å². The van der Waals surface area contributed by atoms with E-state index in [1.165, 1.54) is 0 Å². The lowest BCUT2D eigenvalue weighted by molar-refractivity contribution is -0.120. The zero-order chi connectivity index (χ0) is 14.5. The molecule has 0 bridgehead atoms. The van der Waals surface area contributed by atoms with Gasteiger partial charge in [-0.2, -0.15) is 0 Å². The summed E-state index contributed by atoms with van der Waals surface area (Å²) >= 11 is 1.16. The summed E-state index contributed by atoms with van der Waals surface area (Å²) in [6.07, 6.45) is 6.68. The number of nitrogens with one attached hydrogen (secondary N) is 1. The maximum atomic E-state index is 12.1. The number of esters is 1. The number of hydrogen-bond acceptors (Lipinski definition) is 5. The van der Waals surface area contributed by atoms with Crippen molar-refractivity contribution in [1.29, 1.82) is 0 Å². The van der Waals surface area contributed by atoms with Gasteiger partial charge in [0.15, 0.2) is 5.13 Å². The molecule has 0 spiro atoms. The SMILES string of the molecule is CCOC(=O)c1sc(NC(=O)[C@H]2CC=CCC2)nc1C. The maximum absolute atomic E-state index is 12.1. The van der Waals surface area contributed by atoms with E-state index in [-0.39, 0.29) is 17.8 Å². The molecule has 0 saturated carbocycles. The van der Waals surface area contributed by atoms with Gasteiger partial charge in [-0.1, -0.05) is 23.5 Å². The van der Waals surface area contributed by atoms with Crippen LogP contribution in [0.2, 0.25) is 0 Å². The van der Waals surface area contributed by atoms with Crippen LogP contribution in [0.5, 0.6) is 0 Å². The highest BCUT2D eigenvalue weighted by Gasteiger charge is 2.22. The molecule has 1 aliphatic carbocycles. The Morgan fingerprint density at radius 1 is 1.50 bits per heavy atom. The van der Waals surface area contributed by atoms with E-state index in [2.05, 4.69) is 16.4 Å². The largest absolute Gasteiger partial charge is 0.462 e. The lowest BCUT2D eigenvalue weighted by atomic mass is 9.94. The number of carbonyl (C=O) groups is 2. The average Bonchev–Trinajstić information content (AvgIpc) is 2.81. The Morgan fingerprint density at radius 3 is 2.95 bits per heavy atom. The number of hydrogen-bond donors (Lipinski definition) is 1. The van der Waals surface area contributed by atoms with Crippen LogP contribution in [0.1, 0.15) is 41.6 Å². The predicted octanol–water partition coefficient (Wildman–Crippen LogP) is 2.92. The standard InChI is InChI=1S/C14H18N2O3S/c1-3-19-13(18)11-9(2)15-14(20-11)16-12(17)10-7-5-4-6-8-10/h4-5,10H,3,6-8H2,1-2H3,(H,15,16,17)/t10-/m0/s1. The highest BCUT2D eigenvalue weighted by molar-refractivity contribution is 7.17. The van der Waals surface area contributed by atoms with Gasteiger partial charge in [-0.25, -0.2) is 9.78 Å². The molecule has 1 aliphatic rings. The monoisotopic (exact) mass is 294 g/mol. The van der Waals surface area contributed by atoms with Crippen molar-refractivity contribution >= 4 is 28.3 Å². The van der Waals surface area contributed by atoms with Gasteiger partial charge < -0.3 is 10.1 Å². The third-order valence-electron chi connectivity index (χ3n) is 3.13. The van der Waals surface area contributed by atoms with Crippen molar-refractivity contribution in [3.63, 3.8) is 0 Å². The third-order valence-corrected chi connectivity index (χ3v) is 4.18. The van der Waals surface area contributed by atoms with Gasteiger partial charge in [0.2, 0.25) is 5.91 Å². The number of aryl methyl sites for hydroxylation is 1. The molecule has 108 valence electrons. The van der Waals surface area contributed by atoms with Crippen molar-refractivity contribution in [2.75, 3.05) is 11.9 Å². The number of amides is 1. The highest BCUT2D eigenvalue weighted by atomic mass is 32.1. The lowest BCUT2D eigenvalue weighted by Gasteiger charge is -2.15. The van der Waals surface area contributed by atoms with Crippen molar-refractivity contribution in [3.8, 4) is 0 Å². The number of thiazole rings is 1. The van der Waals surface area contributed by atoms with E-state index >= 15 is 0 Å². The molecule has 1 aromatic heterocycles. The van der Waals surface area contributed by atoms with Crippen LogP contribution in [0, 0.1) is 12.8 Å². The first-order valence-corrected chi connectivity index (χ1v) is 7.54. The predicted molar refractivity (Wildman–Crippen MR) is 77.9 cm³/mol. The Morgan fingerprint density at radius 2 is 2.30 bits per heavy atom. The first-order chi connectivity index (χ1) is 9.61. The minimum absolute atomic E-state index is 0.00440. The van der Waals surface area contributed by atoms with Gasteiger partial charge in [-0.05, 0) is 33.1 Å². The van der Waals surface area contributed by atoms with Gasteiger partial charge in [-0.15, -0.1) is 0 Å². The van der Waals surface area contributed by atoms with Crippen LogP contribution in [0.3, 0.4) is 0 Å². The Kier molecular flexibility index (Phi) is 4.89. The second-order valence-electron chi connectivity index (χ2n) is 4.62. The van der Waals surface area contributed by atoms with E-state index in [9.17, 15) is 9.59 Å². The fourth-order valence-electron chi connectivity index (χ4n) is 2.08. The zero-order valence-electron chi connectivity index (χ0n) is 11.6. The Hall–Kier alpha value is -1.69. The van der Waals surface area contributed by atoms with Crippen LogP contribution < -0.4 is 5.32 Å². The van der Waals surface area contributed by atoms with Gasteiger partial charge in [-0.3, -0.25) is 4.79 Å². The minimum Gasteiger partial charge on any atom is -0.462 e. The number of anilines is 1. The van der Waals surface area contributed by atoms with Crippen LogP contribution in [-0.4, -0.2) is 23.5 Å². The lowest BCUT2D eigenvalue weighted by Crippen LogP contribution is -2.23. The molecule has 6 heteroatoms. The van der Waals surface area contributed by atoms with Gasteiger partial charge in [0.1, 0.15) is 4.88 Å². The molecule has 0 unspecified atom stereocenters. The smallest absolute Gasteiger partial charge is 0.350 e. The maximum Gasteiger partial charge on any atom is 0.350 e. The van der Waals surface area contributed by atoms with Crippen LogP contribution in [0.15, 0.2) is 12.2 Å². The fraction of sp³-hybridized carbons (Fsp3) is 0.500. The van der Waals surface area contributed by atoms with E-state index in [1.807, 2.05) is 6.08 Å². The number of ether oxygens (including phenoxy) is 1. The summed E-state index contributed by atoms with van der Waals surface area (Å²) in [5.74, 6) is -0.419. The van der Waals surface area contributed by atoms with Crippen molar-refractivity contribution in [3.05, 3.63) is 22.7 Å². The van der Waals surface area contributed by atoms with Crippen LogP contribution >= 0.6 is 11.3 Å². The molecular weight excluding hydrogens is 276 g/mol. The van der Waals surface area contributed by atoms with Crippen LogP contribution in [0.25, 0.3) is 0 Å². The van der Waals surface area contributed by atoms with Crippen molar-refractivity contribution < 1.29 is 14.3 Å². The molecule has 0 aromatic carbocycles. The molecule has 0 fully saturated rings. The summed E-state index contributed by atoms with van der Waals surface area (Å²) < 4.78 is 4.95. The summed E-state index contributed by atoms with van der Waals surface area (Å²) in [6.45, 7) is 3.82. The second-order valence-corrected chi connectivity index (χ2v) is 5.62. The van der Waals surface area contributed by atoms with E-state index in [0.29, 0.717) is 22.3 Å². The number of aromatic nitrogens is 1. The van der Waals surface area contributed by atoms with Crippen molar-refractivity contribution in [2.24, 2.45) is 5.92 Å². The van der Waals surface area contributed by atoms with E-state index < -0.39 is 0 Å². The third kappa shape index (κ3) is 3.45. The normalized spacial score (nSPS) is 17.8. The molecule has 0 aliphatic heterocycles. The average molecular weight is 294 g/mol. The number of rotatable bonds is 4. The van der Waals surface area contributed by atoms with Crippen molar-refractivity contribution in [1.82, 2.24) is 4.98 Å². The summed E-state index contributed by atoms with van der Waals surface area (Å²) in [5.41, 5.74) is 0.590. The summed E-state index contributed by atoms with van der Waals surface area (Å²) in [4.78, 5) is 28.4. The quantitative estimate of drug-likeness (QED) is 0.685. The molecule has 1 atom stereocenters. The summed E-state index contributed by atoms with van der Waals surface area (Å²) in [5, 5.41) is 3.26. The number of nitrogens with zero attached hydrogens (tertiary/aromatic N) is 1. The first-order valence-electron chi connectivity index (χ1n) is 6.72. The Bertz CT molecular complexity index is 537. The van der Waals surface area contributed by atoms with Crippen molar-refractivity contribution in [2.45, 2.75) is 33.1 Å². The van der Waals surface area contributed by atoms with E-state index in [1.54, 1.807) is 13.8 Å². The number of carbonyl (C=O) groups excluding carboxylic acids is 2. The fourth-order valence-corrected chi connectivity index (χ4v) is 2.94. The molecule has 0 radical (unpaired) electrons. The molecule has 0 saturated heterocycles. The van der Waals surface area contributed by atoms with Gasteiger partial charge in [0.25, 0.3) is 0 Å². The molecule has 1 heterocycles. The topological polar surface area (TPSA) is 68.3 Å².